The van der Waals surface area contributed by atoms with Crippen LogP contribution in [0.25, 0.3) is 11.5 Å². The number of hydrogen-bond donors (Lipinski definition) is 1. The number of alkyl halides is 6. The van der Waals surface area contributed by atoms with E-state index in [-0.39, 0.29) is 18.2 Å². The van der Waals surface area contributed by atoms with Crippen LogP contribution >= 0.6 is 0 Å². The van der Waals surface area contributed by atoms with Gasteiger partial charge in [-0.25, -0.2) is 19.7 Å². The number of oxazole rings is 1. The maximum atomic E-state index is 13.7. The minimum absolute atomic E-state index is 0.120. The van der Waals surface area contributed by atoms with Crippen LogP contribution in [0.15, 0.2) is 41.1 Å². The number of aromatic nitrogens is 3. The number of benzene rings is 1. The summed E-state index contributed by atoms with van der Waals surface area (Å²) in [5, 5.41) is 2.13. The Labute approximate surface area is 233 Å². The molecule has 0 radical (unpaired) electrons. The zero-order chi connectivity index (χ0) is 30.9. The van der Waals surface area contributed by atoms with Crippen LogP contribution < -0.4 is 14.8 Å². The maximum absolute atomic E-state index is 13.7. The van der Waals surface area contributed by atoms with E-state index < -0.39 is 64.9 Å². The molecule has 2 aromatic heterocycles. The molecule has 1 atom stereocenters. The van der Waals surface area contributed by atoms with E-state index in [0.29, 0.717) is 13.0 Å². The highest BCUT2D eigenvalue weighted by molar-refractivity contribution is 6.03. The van der Waals surface area contributed by atoms with Gasteiger partial charge in [0.1, 0.15) is 17.5 Å². The Morgan fingerprint density at radius 3 is 2.33 bits per heavy atom. The van der Waals surface area contributed by atoms with E-state index in [1.54, 1.807) is 20.8 Å². The van der Waals surface area contributed by atoms with Gasteiger partial charge >= 0.3 is 24.6 Å². The van der Waals surface area contributed by atoms with Crippen molar-refractivity contribution in [2.75, 3.05) is 18.4 Å². The number of ether oxygens (including phenoxy) is 3. The molecular formula is C25H23F6N5O6. The van der Waals surface area contributed by atoms with Crippen LogP contribution in [-0.4, -0.2) is 63.0 Å². The smallest absolute Gasteiger partial charge is 0.458 e. The first-order valence-corrected chi connectivity index (χ1v) is 12.2. The molecule has 4 rings (SSSR count). The van der Waals surface area contributed by atoms with Crippen LogP contribution in [0.1, 0.15) is 43.4 Å². The molecule has 0 spiro atoms. The second kappa shape index (κ2) is 11.4. The molecule has 3 aromatic rings. The summed E-state index contributed by atoms with van der Waals surface area (Å²) in [7, 11) is 0. The summed E-state index contributed by atoms with van der Waals surface area (Å²) >= 11 is 0. The Kier molecular flexibility index (Phi) is 8.22. The van der Waals surface area contributed by atoms with Gasteiger partial charge in [-0.05, 0) is 32.9 Å². The van der Waals surface area contributed by atoms with E-state index in [9.17, 15) is 35.9 Å². The Bertz CT molecular complexity index is 1440. The fourth-order valence-electron chi connectivity index (χ4n) is 3.74. The van der Waals surface area contributed by atoms with Gasteiger partial charge in [-0.15, -0.1) is 13.2 Å². The van der Waals surface area contributed by atoms with E-state index in [1.807, 2.05) is 0 Å². The summed E-state index contributed by atoms with van der Waals surface area (Å²) in [5.74, 6) is -5.04. The summed E-state index contributed by atoms with van der Waals surface area (Å²) in [6.45, 7) is 5.80. The number of nitrogens with one attached hydrogen (secondary N) is 1. The predicted octanol–water partition coefficient (Wildman–Crippen LogP) is 5.69. The summed E-state index contributed by atoms with van der Waals surface area (Å²) in [6, 6.07) is 4.09. The maximum Gasteiger partial charge on any atom is 0.573 e. The van der Waals surface area contributed by atoms with Gasteiger partial charge in [-0.3, -0.25) is 4.79 Å². The average molecular weight is 603 g/mol. The van der Waals surface area contributed by atoms with Gasteiger partial charge in [-0.1, -0.05) is 12.1 Å². The molecule has 1 fully saturated rings. The number of likely N-dealkylation sites (tertiary alicyclic amines) is 1. The third-order valence-corrected chi connectivity index (χ3v) is 5.40. The summed E-state index contributed by atoms with van der Waals surface area (Å²) < 4.78 is 98.8. The fourth-order valence-corrected chi connectivity index (χ4v) is 3.74. The van der Waals surface area contributed by atoms with Crippen molar-refractivity contribution in [1.82, 2.24) is 19.9 Å². The zero-order valence-corrected chi connectivity index (χ0v) is 22.2. The molecule has 0 saturated carbocycles. The number of amides is 2. The second-order valence-corrected chi connectivity index (χ2v) is 9.90. The summed E-state index contributed by atoms with van der Waals surface area (Å²) in [6.07, 6.45) is -8.75. The topological polar surface area (TPSA) is 129 Å². The van der Waals surface area contributed by atoms with Crippen LogP contribution in [0.3, 0.4) is 0 Å². The molecule has 1 aliphatic heterocycles. The first-order valence-electron chi connectivity index (χ1n) is 12.2. The van der Waals surface area contributed by atoms with Crippen molar-refractivity contribution in [1.29, 1.82) is 0 Å². The number of carbonyl (C=O) groups excluding carboxylic acids is 2. The summed E-state index contributed by atoms with van der Waals surface area (Å²) in [5.41, 5.74) is -2.62. The Morgan fingerprint density at radius 1 is 1.05 bits per heavy atom. The first kappa shape index (κ1) is 30.4. The molecular weight excluding hydrogens is 580 g/mol. The number of hydrogen-bond acceptors (Lipinski definition) is 9. The number of anilines is 1. The van der Waals surface area contributed by atoms with E-state index in [0.717, 1.165) is 30.6 Å². The molecule has 1 aromatic carbocycles. The van der Waals surface area contributed by atoms with Crippen molar-refractivity contribution in [2.24, 2.45) is 0 Å². The highest BCUT2D eigenvalue weighted by Crippen LogP contribution is 2.39. The lowest BCUT2D eigenvalue weighted by atomic mass is 10.2. The largest absolute Gasteiger partial charge is 0.573 e. The Balaban J connectivity index is 1.46. The highest BCUT2D eigenvalue weighted by Gasteiger charge is 2.42. The van der Waals surface area contributed by atoms with Crippen LogP contribution in [0.5, 0.6) is 11.8 Å². The molecule has 1 N–H and O–H groups in total. The molecule has 11 nitrogen and oxygen atoms in total. The number of nitrogens with zero attached hydrogens (tertiary/aromatic N) is 4. The standard InChI is InChI=1S/C25H23F6N5O6/c1-23(2,3)42-22(38)36-9-8-14(12-36)39-21-32-10-13(11-33-21)34-19(37)17-18(24(26,27)28)40-20(35-17)15-6-4-5-7-16(15)41-25(29,30)31/h4-7,10-11,14H,8-9,12H2,1-3H3,(H,34,37)/t14-/m0/s1. The average Bonchev–Trinajstić information content (AvgIpc) is 3.51. The molecule has 42 heavy (non-hydrogen) atoms. The van der Waals surface area contributed by atoms with Crippen LogP contribution in [0.2, 0.25) is 0 Å². The van der Waals surface area contributed by atoms with Crippen LogP contribution in [0.4, 0.5) is 36.8 Å². The SMILES string of the molecule is CC(C)(C)OC(=O)N1CC[C@H](Oc2ncc(NC(=O)c3nc(-c4ccccc4OC(F)(F)F)oc3C(F)(F)F)cn2)C1. The van der Waals surface area contributed by atoms with Crippen molar-refractivity contribution in [3.63, 3.8) is 0 Å². The fraction of sp³-hybridized carbons (Fsp3) is 0.400. The van der Waals surface area contributed by atoms with Crippen molar-refractivity contribution in [2.45, 2.75) is 51.4 Å². The zero-order valence-electron chi connectivity index (χ0n) is 22.2. The first-order chi connectivity index (χ1) is 19.5. The van der Waals surface area contributed by atoms with Gasteiger partial charge in [0.15, 0.2) is 5.69 Å². The van der Waals surface area contributed by atoms with Crippen molar-refractivity contribution < 1.29 is 54.6 Å². The number of halogens is 6. The Morgan fingerprint density at radius 2 is 1.71 bits per heavy atom. The molecule has 0 aliphatic carbocycles. The van der Waals surface area contributed by atoms with Crippen molar-refractivity contribution >= 4 is 17.7 Å². The van der Waals surface area contributed by atoms with Gasteiger partial charge in [0, 0.05) is 13.0 Å². The third kappa shape index (κ3) is 7.79. The van der Waals surface area contributed by atoms with E-state index >= 15 is 0 Å². The molecule has 3 heterocycles. The van der Waals surface area contributed by atoms with Gasteiger partial charge in [0.25, 0.3) is 5.91 Å². The van der Waals surface area contributed by atoms with E-state index in [4.69, 9.17) is 13.9 Å². The van der Waals surface area contributed by atoms with Crippen LogP contribution in [-0.2, 0) is 10.9 Å². The lowest BCUT2D eigenvalue weighted by molar-refractivity contribution is -0.274. The Hall–Kier alpha value is -4.57. The minimum atomic E-state index is -5.22. The van der Waals surface area contributed by atoms with Crippen molar-refractivity contribution in [3.8, 4) is 23.2 Å². The quantitative estimate of drug-likeness (QED) is 0.354. The monoisotopic (exact) mass is 603 g/mol. The normalized spacial score (nSPS) is 15.8. The molecule has 1 aliphatic rings. The highest BCUT2D eigenvalue weighted by atomic mass is 19.4. The van der Waals surface area contributed by atoms with Gasteiger partial charge in [0.2, 0.25) is 11.7 Å². The molecule has 0 unspecified atom stereocenters. The second-order valence-electron chi connectivity index (χ2n) is 9.90. The number of para-hydroxylation sites is 1. The number of rotatable bonds is 6. The minimum Gasteiger partial charge on any atom is -0.458 e. The number of carbonyl (C=O) groups is 2. The van der Waals surface area contributed by atoms with E-state index in [2.05, 4.69) is 25.0 Å². The van der Waals surface area contributed by atoms with E-state index in [1.165, 1.54) is 11.0 Å². The third-order valence-electron chi connectivity index (χ3n) is 5.40. The van der Waals surface area contributed by atoms with Gasteiger partial charge in [0.05, 0.1) is 30.2 Å². The van der Waals surface area contributed by atoms with Gasteiger partial charge in [-0.2, -0.15) is 13.2 Å². The molecule has 0 bridgehead atoms. The van der Waals surface area contributed by atoms with Crippen molar-refractivity contribution in [3.05, 3.63) is 48.1 Å². The molecule has 17 heteroatoms. The predicted molar refractivity (Wildman–Crippen MR) is 130 cm³/mol. The molecule has 1 saturated heterocycles. The molecule has 2 amide bonds. The lowest BCUT2D eigenvalue weighted by Crippen LogP contribution is -2.36. The summed E-state index contributed by atoms with van der Waals surface area (Å²) in [4.78, 5) is 37.7. The van der Waals surface area contributed by atoms with Gasteiger partial charge < -0.3 is 28.8 Å². The lowest BCUT2D eigenvalue weighted by Gasteiger charge is -2.24. The molecule has 226 valence electrons. The van der Waals surface area contributed by atoms with Crippen LogP contribution in [0, 0.1) is 0 Å².